The molecule has 1 aliphatic carbocycles. The largest absolute Gasteiger partial charge is 0.465 e. The molecular formula is C14H20N2O4S. The number of rotatable bonds is 6. The van der Waals surface area contributed by atoms with Gasteiger partial charge in [0.2, 0.25) is 10.0 Å². The van der Waals surface area contributed by atoms with Crippen molar-refractivity contribution in [3.05, 3.63) is 29.8 Å². The Balaban J connectivity index is 2.29. The van der Waals surface area contributed by atoms with Crippen molar-refractivity contribution in [1.82, 2.24) is 4.72 Å². The summed E-state index contributed by atoms with van der Waals surface area (Å²) in [5.41, 5.74) is 5.27. The minimum atomic E-state index is -3.74. The lowest BCUT2D eigenvalue weighted by atomic mass is 9.98. The molecule has 6 nitrogen and oxygen atoms in total. The van der Waals surface area contributed by atoms with E-state index in [4.69, 9.17) is 5.73 Å². The van der Waals surface area contributed by atoms with Gasteiger partial charge in [-0.15, -0.1) is 0 Å². The van der Waals surface area contributed by atoms with Gasteiger partial charge < -0.3 is 10.5 Å². The van der Waals surface area contributed by atoms with E-state index in [-0.39, 0.29) is 22.9 Å². The van der Waals surface area contributed by atoms with Gasteiger partial charge in [-0.25, -0.2) is 17.9 Å². The molecule has 0 spiro atoms. The molecule has 116 valence electrons. The molecule has 0 radical (unpaired) electrons. The highest BCUT2D eigenvalue weighted by atomic mass is 32.2. The Morgan fingerprint density at radius 2 is 2.14 bits per heavy atom. The van der Waals surface area contributed by atoms with E-state index in [2.05, 4.69) is 9.46 Å². The third-order valence-electron chi connectivity index (χ3n) is 3.84. The zero-order valence-corrected chi connectivity index (χ0v) is 12.9. The average Bonchev–Trinajstić information content (AvgIpc) is 3.31. The van der Waals surface area contributed by atoms with Crippen LogP contribution in [0, 0.1) is 5.92 Å². The number of carbonyl (C=O) groups is 1. The van der Waals surface area contributed by atoms with Crippen molar-refractivity contribution in [2.75, 3.05) is 13.7 Å². The Morgan fingerprint density at radius 1 is 1.48 bits per heavy atom. The van der Waals surface area contributed by atoms with Crippen molar-refractivity contribution in [3.8, 4) is 0 Å². The molecule has 0 aromatic heterocycles. The molecule has 2 rings (SSSR count). The van der Waals surface area contributed by atoms with Gasteiger partial charge in [0.1, 0.15) is 0 Å². The smallest absolute Gasteiger partial charge is 0.337 e. The minimum absolute atomic E-state index is 0.0331. The van der Waals surface area contributed by atoms with Crippen LogP contribution in [0.5, 0.6) is 0 Å². The van der Waals surface area contributed by atoms with E-state index < -0.39 is 21.5 Å². The number of benzene rings is 1. The quantitative estimate of drug-likeness (QED) is 0.760. The summed E-state index contributed by atoms with van der Waals surface area (Å²) in [4.78, 5) is 11.5. The third kappa shape index (κ3) is 3.42. The molecule has 1 unspecified atom stereocenters. The fourth-order valence-corrected chi connectivity index (χ4v) is 3.81. The van der Waals surface area contributed by atoms with Crippen molar-refractivity contribution in [2.24, 2.45) is 11.7 Å². The van der Waals surface area contributed by atoms with Crippen molar-refractivity contribution >= 4 is 16.0 Å². The number of nitrogens with two attached hydrogens (primary N) is 1. The molecule has 1 fully saturated rings. The summed E-state index contributed by atoms with van der Waals surface area (Å²) in [7, 11) is -2.49. The molecule has 0 amide bonds. The van der Waals surface area contributed by atoms with Gasteiger partial charge in [-0.3, -0.25) is 0 Å². The maximum atomic E-state index is 12.5. The van der Waals surface area contributed by atoms with E-state index in [1.807, 2.05) is 6.92 Å². The van der Waals surface area contributed by atoms with Crippen LogP contribution in [-0.4, -0.2) is 33.6 Å². The van der Waals surface area contributed by atoms with Crippen LogP contribution in [0.4, 0.5) is 0 Å². The van der Waals surface area contributed by atoms with Crippen LogP contribution in [0.25, 0.3) is 0 Å². The van der Waals surface area contributed by atoms with Crippen LogP contribution in [0.3, 0.4) is 0 Å². The second-order valence-electron chi connectivity index (χ2n) is 5.52. The molecule has 7 heteroatoms. The zero-order valence-electron chi connectivity index (χ0n) is 12.1. The fraction of sp³-hybridized carbons (Fsp3) is 0.500. The van der Waals surface area contributed by atoms with E-state index in [0.717, 1.165) is 12.8 Å². The Bertz CT molecular complexity index is 640. The van der Waals surface area contributed by atoms with Crippen molar-refractivity contribution in [1.29, 1.82) is 0 Å². The Hall–Kier alpha value is -1.44. The van der Waals surface area contributed by atoms with Crippen LogP contribution >= 0.6 is 0 Å². The van der Waals surface area contributed by atoms with Crippen molar-refractivity contribution in [2.45, 2.75) is 30.2 Å². The Morgan fingerprint density at radius 3 is 2.67 bits per heavy atom. The summed E-state index contributed by atoms with van der Waals surface area (Å²) < 4.78 is 32.2. The molecular weight excluding hydrogens is 292 g/mol. The highest BCUT2D eigenvalue weighted by molar-refractivity contribution is 7.89. The minimum Gasteiger partial charge on any atom is -0.465 e. The summed E-state index contributed by atoms with van der Waals surface area (Å²) in [5.74, 6) is -0.308. The molecule has 1 saturated carbocycles. The first-order chi connectivity index (χ1) is 9.82. The van der Waals surface area contributed by atoms with Crippen LogP contribution in [0.15, 0.2) is 29.2 Å². The van der Waals surface area contributed by atoms with Crippen LogP contribution in [-0.2, 0) is 14.8 Å². The van der Waals surface area contributed by atoms with Crippen LogP contribution in [0.1, 0.15) is 30.1 Å². The predicted molar refractivity (Wildman–Crippen MR) is 78.3 cm³/mol. The molecule has 0 aliphatic heterocycles. The van der Waals surface area contributed by atoms with Gasteiger partial charge in [0.15, 0.2) is 0 Å². The molecule has 0 saturated heterocycles. The SMILES string of the molecule is COC(=O)c1cccc(S(=O)(=O)NC(C)(CN)C2CC2)c1. The number of hydrogen-bond acceptors (Lipinski definition) is 5. The van der Waals surface area contributed by atoms with Gasteiger partial charge in [-0.2, -0.15) is 0 Å². The Labute approximate surface area is 124 Å². The zero-order chi connectivity index (χ0) is 15.7. The highest BCUT2D eigenvalue weighted by Gasteiger charge is 2.43. The number of ether oxygens (including phenoxy) is 1. The second kappa shape index (κ2) is 5.75. The number of sulfonamides is 1. The number of carbonyl (C=O) groups excluding carboxylic acids is 1. The van der Waals surface area contributed by atoms with E-state index in [9.17, 15) is 13.2 Å². The second-order valence-corrected chi connectivity index (χ2v) is 7.20. The van der Waals surface area contributed by atoms with Gasteiger partial charge >= 0.3 is 5.97 Å². The Kier molecular flexibility index (Phi) is 4.36. The maximum absolute atomic E-state index is 12.5. The van der Waals surface area contributed by atoms with Crippen LogP contribution < -0.4 is 10.5 Å². The summed E-state index contributed by atoms with van der Waals surface area (Å²) in [6.45, 7) is 2.04. The molecule has 21 heavy (non-hydrogen) atoms. The molecule has 1 aromatic rings. The normalized spacial score (nSPS) is 18.0. The number of methoxy groups -OCH3 is 1. The fourth-order valence-electron chi connectivity index (χ4n) is 2.29. The molecule has 1 atom stereocenters. The number of hydrogen-bond donors (Lipinski definition) is 2. The monoisotopic (exact) mass is 312 g/mol. The first kappa shape index (κ1) is 15.9. The first-order valence-corrected chi connectivity index (χ1v) is 8.23. The predicted octanol–water partition coefficient (Wildman–Crippen LogP) is 0.879. The lowest BCUT2D eigenvalue weighted by molar-refractivity contribution is 0.0600. The first-order valence-electron chi connectivity index (χ1n) is 6.75. The lowest BCUT2D eigenvalue weighted by Crippen LogP contribution is -2.52. The summed E-state index contributed by atoms with van der Waals surface area (Å²) in [6.07, 6.45) is 1.94. The molecule has 0 bridgehead atoms. The molecule has 1 aromatic carbocycles. The van der Waals surface area contributed by atoms with Gasteiger partial charge in [-0.05, 0) is 43.9 Å². The van der Waals surface area contributed by atoms with E-state index >= 15 is 0 Å². The number of esters is 1. The summed E-state index contributed by atoms with van der Waals surface area (Å²) in [5, 5.41) is 0. The lowest BCUT2D eigenvalue weighted by Gasteiger charge is -2.29. The van der Waals surface area contributed by atoms with E-state index in [1.165, 1.54) is 31.4 Å². The molecule has 1 aliphatic rings. The standard InChI is InChI=1S/C14H20N2O4S/c1-14(9-15,11-6-7-11)16-21(18,19)12-5-3-4-10(8-12)13(17)20-2/h3-5,8,11,16H,6-7,9,15H2,1-2H3. The van der Waals surface area contributed by atoms with Gasteiger partial charge in [0, 0.05) is 12.1 Å². The van der Waals surface area contributed by atoms with Crippen molar-refractivity contribution in [3.63, 3.8) is 0 Å². The topological polar surface area (TPSA) is 98.5 Å². The van der Waals surface area contributed by atoms with E-state index in [1.54, 1.807) is 0 Å². The third-order valence-corrected chi connectivity index (χ3v) is 5.44. The maximum Gasteiger partial charge on any atom is 0.337 e. The summed E-state index contributed by atoms with van der Waals surface area (Å²) >= 11 is 0. The highest BCUT2D eigenvalue weighted by Crippen LogP contribution is 2.39. The van der Waals surface area contributed by atoms with Gasteiger partial charge in [0.05, 0.1) is 17.6 Å². The van der Waals surface area contributed by atoms with Gasteiger partial charge in [0.25, 0.3) is 0 Å². The average molecular weight is 312 g/mol. The van der Waals surface area contributed by atoms with Crippen molar-refractivity contribution < 1.29 is 17.9 Å². The molecule has 0 heterocycles. The van der Waals surface area contributed by atoms with E-state index in [0.29, 0.717) is 0 Å². The van der Waals surface area contributed by atoms with Crippen LogP contribution in [0.2, 0.25) is 0 Å². The summed E-state index contributed by atoms with van der Waals surface area (Å²) in [6, 6.07) is 5.77. The molecule has 3 N–H and O–H groups in total. The number of nitrogens with one attached hydrogen (secondary N) is 1. The van der Waals surface area contributed by atoms with Gasteiger partial charge in [-0.1, -0.05) is 6.07 Å².